The standard InChI is InChI=1S/C38H29N3O/c1-26(27-13-4-2-5-14-27)30-23-22-28(34-19-10-11-24-39-34)25-33(30)31-18-12-20-35-37(31)40-38(32-17-8-9-21-36(32)42)41(35)29-15-6-3-7-16-29/h2-26,42H,1H3. The van der Waals surface area contributed by atoms with Crippen LogP contribution in [0, 0.1) is 0 Å². The summed E-state index contributed by atoms with van der Waals surface area (Å²) in [7, 11) is 0. The minimum Gasteiger partial charge on any atom is -0.507 e. The highest BCUT2D eigenvalue weighted by atomic mass is 16.3. The molecule has 42 heavy (non-hydrogen) atoms. The molecule has 0 aliphatic heterocycles. The predicted molar refractivity (Wildman–Crippen MR) is 171 cm³/mol. The zero-order valence-corrected chi connectivity index (χ0v) is 23.2. The Morgan fingerprint density at radius 3 is 2.12 bits per heavy atom. The summed E-state index contributed by atoms with van der Waals surface area (Å²) in [5.41, 5.74) is 10.1. The molecule has 2 aromatic heterocycles. The SMILES string of the molecule is CC(c1ccccc1)c1ccc(-c2ccccn2)cc1-c1cccc2c1nc(-c1ccccc1O)n2-c1ccccc1. The molecule has 5 aromatic carbocycles. The number of aromatic nitrogens is 3. The van der Waals surface area contributed by atoms with Crippen molar-refractivity contribution >= 4 is 11.0 Å². The van der Waals surface area contributed by atoms with E-state index in [1.807, 2.05) is 60.8 Å². The van der Waals surface area contributed by atoms with Crippen LogP contribution in [-0.4, -0.2) is 19.6 Å². The van der Waals surface area contributed by atoms with Gasteiger partial charge in [-0.15, -0.1) is 0 Å². The Kier molecular flexibility index (Phi) is 6.57. The molecule has 202 valence electrons. The predicted octanol–water partition coefficient (Wildman–Crippen LogP) is 9.28. The van der Waals surface area contributed by atoms with E-state index >= 15 is 0 Å². The number of pyridine rings is 1. The summed E-state index contributed by atoms with van der Waals surface area (Å²) in [6, 6.07) is 47.2. The van der Waals surface area contributed by atoms with Gasteiger partial charge < -0.3 is 5.11 Å². The fraction of sp³-hybridized carbons (Fsp3) is 0.0526. The van der Waals surface area contributed by atoms with E-state index in [2.05, 4.69) is 95.3 Å². The number of hydrogen-bond donors (Lipinski definition) is 1. The number of phenolic OH excluding ortho intramolecular Hbond substituents is 1. The average molecular weight is 544 g/mol. The van der Waals surface area contributed by atoms with Crippen LogP contribution in [0.5, 0.6) is 5.75 Å². The third-order valence-corrected chi connectivity index (χ3v) is 7.91. The van der Waals surface area contributed by atoms with Gasteiger partial charge in [0.25, 0.3) is 0 Å². The minimum atomic E-state index is 0.156. The maximum atomic E-state index is 10.9. The van der Waals surface area contributed by atoms with Crippen molar-refractivity contribution in [2.75, 3.05) is 0 Å². The van der Waals surface area contributed by atoms with Crippen molar-refractivity contribution in [2.45, 2.75) is 12.8 Å². The summed E-state index contributed by atoms with van der Waals surface area (Å²) < 4.78 is 2.14. The van der Waals surface area contributed by atoms with Crippen molar-refractivity contribution in [2.24, 2.45) is 0 Å². The molecule has 2 heterocycles. The first-order valence-electron chi connectivity index (χ1n) is 14.1. The second-order valence-electron chi connectivity index (χ2n) is 10.4. The van der Waals surface area contributed by atoms with Gasteiger partial charge in [-0.25, -0.2) is 4.98 Å². The zero-order chi connectivity index (χ0) is 28.5. The molecule has 1 atom stereocenters. The quantitative estimate of drug-likeness (QED) is 0.227. The molecular formula is C38H29N3O. The maximum absolute atomic E-state index is 10.9. The van der Waals surface area contributed by atoms with Gasteiger partial charge in [0, 0.05) is 28.9 Å². The molecule has 7 aromatic rings. The first-order chi connectivity index (χ1) is 20.7. The van der Waals surface area contributed by atoms with Gasteiger partial charge >= 0.3 is 0 Å². The molecule has 1 unspecified atom stereocenters. The highest BCUT2D eigenvalue weighted by Gasteiger charge is 2.22. The molecule has 0 aliphatic rings. The maximum Gasteiger partial charge on any atom is 0.149 e. The molecule has 4 nitrogen and oxygen atoms in total. The Morgan fingerprint density at radius 1 is 0.643 bits per heavy atom. The van der Waals surface area contributed by atoms with E-state index in [1.165, 1.54) is 11.1 Å². The van der Waals surface area contributed by atoms with Crippen molar-refractivity contribution in [1.29, 1.82) is 0 Å². The van der Waals surface area contributed by atoms with Crippen molar-refractivity contribution in [3.05, 3.63) is 157 Å². The molecule has 0 saturated carbocycles. The summed E-state index contributed by atoms with van der Waals surface area (Å²) >= 11 is 0. The number of imidazole rings is 1. The monoisotopic (exact) mass is 543 g/mol. The van der Waals surface area contributed by atoms with Crippen molar-refractivity contribution in [3.63, 3.8) is 0 Å². The van der Waals surface area contributed by atoms with Gasteiger partial charge in [0.2, 0.25) is 0 Å². The third kappa shape index (κ3) is 4.53. The lowest BCUT2D eigenvalue weighted by molar-refractivity contribution is 0.477. The molecule has 0 spiro atoms. The Balaban J connectivity index is 1.52. The molecule has 0 radical (unpaired) electrons. The van der Waals surface area contributed by atoms with E-state index in [9.17, 15) is 5.11 Å². The van der Waals surface area contributed by atoms with Crippen LogP contribution in [0.4, 0.5) is 0 Å². The molecular weight excluding hydrogens is 514 g/mol. The molecule has 0 aliphatic carbocycles. The average Bonchev–Trinajstić information content (AvgIpc) is 3.45. The van der Waals surface area contributed by atoms with Crippen LogP contribution in [0.15, 0.2) is 146 Å². The third-order valence-electron chi connectivity index (χ3n) is 7.91. The highest BCUT2D eigenvalue weighted by molar-refractivity contribution is 5.97. The number of para-hydroxylation sites is 3. The van der Waals surface area contributed by atoms with E-state index in [1.54, 1.807) is 6.07 Å². The number of rotatable bonds is 6. The molecule has 0 bridgehead atoms. The van der Waals surface area contributed by atoms with Gasteiger partial charge in [0.1, 0.15) is 11.6 Å². The second-order valence-corrected chi connectivity index (χ2v) is 10.4. The number of hydrogen-bond acceptors (Lipinski definition) is 3. The molecule has 0 fully saturated rings. The van der Waals surface area contributed by atoms with Gasteiger partial charge in [-0.3, -0.25) is 9.55 Å². The summed E-state index contributed by atoms with van der Waals surface area (Å²) in [4.78, 5) is 9.90. The van der Waals surface area contributed by atoms with Crippen LogP contribution < -0.4 is 0 Å². The van der Waals surface area contributed by atoms with Gasteiger partial charge in [0.15, 0.2) is 0 Å². The fourth-order valence-electron chi connectivity index (χ4n) is 5.78. The second kappa shape index (κ2) is 10.8. The number of phenols is 1. The summed E-state index contributed by atoms with van der Waals surface area (Å²) in [6.07, 6.45) is 1.83. The largest absolute Gasteiger partial charge is 0.507 e. The van der Waals surface area contributed by atoms with Gasteiger partial charge in [0.05, 0.1) is 22.3 Å². The Morgan fingerprint density at radius 2 is 1.36 bits per heavy atom. The van der Waals surface area contributed by atoms with Crippen molar-refractivity contribution in [1.82, 2.24) is 14.5 Å². The lowest BCUT2D eigenvalue weighted by atomic mass is 9.85. The Bertz CT molecular complexity index is 2000. The van der Waals surface area contributed by atoms with Crippen LogP contribution in [0.1, 0.15) is 24.0 Å². The summed E-state index contributed by atoms with van der Waals surface area (Å²) in [5.74, 6) is 1.05. The molecule has 1 N–H and O–H groups in total. The van der Waals surface area contributed by atoms with E-state index in [0.29, 0.717) is 11.4 Å². The van der Waals surface area contributed by atoms with Gasteiger partial charge in [-0.05, 0) is 65.2 Å². The minimum absolute atomic E-state index is 0.156. The number of nitrogens with zero attached hydrogens (tertiary/aromatic N) is 3. The molecule has 0 amide bonds. The normalized spacial score (nSPS) is 11.9. The van der Waals surface area contributed by atoms with E-state index < -0.39 is 0 Å². The topological polar surface area (TPSA) is 50.9 Å². The van der Waals surface area contributed by atoms with Crippen LogP contribution in [0.25, 0.3) is 50.5 Å². The number of aromatic hydroxyl groups is 1. The summed E-state index contributed by atoms with van der Waals surface area (Å²) in [5, 5.41) is 10.9. The zero-order valence-electron chi connectivity index (χ0n) is 23.2. The first kappa shape index (κ1) is 25.5. The van der Waals surface area contributed by atoms with Gasteiger partial charge in [-0.2, -0.15) is 0 Å². The Labute approximate surface area is 245 Å². The Hall–Kier alpha value is -5.48. The highest BCUT2D eigenvalue weighted by Crippen LogP contribution is 2.41. The van der Waals surface area contributed by atoms with E-state index in [-0.39, 0.29) is 11.7 Å². The van der Waals surface area contributed by atoms with Crippen LogP contribution in [-0.2, 0) is 0 Å². The molecule has 0 saturated heterocycles. The van der Waals surface area contributed by atoms with Crippen LogP contribution in [0.2, 0.25) is 0 Å². The van der Waals surface area contributed by atoms with Gasteiger partial charge in [-0.1, -0.05) is 97.9 Å². The fourth-order valence-corrected chi connectivity index (χ4v) is 5.78. The first-order valence-corrected chi connectivity index (χ1v) is 14.1. The summed E-state index contributed by atoms with van der Waals surface area (Å²) in [6.45, 7) is 2.25. The van der Waals surface area contributed by atoms with Crippen molar-refractivity contribution < 1.29 is 5.11 Å². The number of benzene rings is 5. The van der Waals surface area contributed by atoms with E-state index in [4.69, 9.17) is 4.98 Å². The molecule has 4 heteroatoms. The van der Waals surface area contributed by atoms with Crippen LogP contribution in [0.3, 0.4) is 0 Å². The molecule has 7 rings (SSSR count). The van der Waals surface area contributed by atoms with Crippen LogP contribution >= 0.6 is 0 Å². The smallest absolute Gasteiger partial charge is 0.149 e. The number of fused-ring (bicyclic) bond motifs is 1. The lowest BCUT2D eigenvalue weighted by Gasteiger charge is -2.19. The lowest BCUT2D eigenvalue weighted by Crippen LogP contribution is -2.00. The van der Waals surface area contributed by atoms with Crippen molar-refractivity contribution in [3.8, 4) is 45.2 Å². The van der Waals surface area contributed by atoms with E-state index in [0.717, 1.165) is 39.1 Å².